The molecule has 1 fully saturated rings. The quantitative estimate of drug-likeness (QED) is 0.892. The summed E-state index contributed by atoms with van der Waals surface area (Å²) < 4.78 is 3.94. The Labute approximate surface area is 145 Å². The van der Waals surface area contributed by atoms with Gasteiger partial charge in [-0.25, -0.2) is 4.98 Å². The van der Waals surface area contributed by atoms with Crippen LogP contribution < -0.4 is 5.32 Å². The van der Waals surface area contributed by atoms with Gasteiger partial charge in [-0.15, -0.1) is 5.10 Å². The number of nitrogens with zero attached hydrogens (tertiary/aromatic N) is 5. The van der Waals surface area contributed by atoms with Crippen LogP contribution >= 0.6 is 11.5 Å². The number of hydrogen-bond donors (Lipinski definition) is 1. The van der Waals surface area contributed by atoms with Gasteiger partial charge in [-0.2, -0.15) is 0 Å². The molecule has 3 heterocycles. The van der Waals surface area contributed by atoms with E-state index in [4.69, 9.17) is 0 Å². The zero-order chi connectivity index (χ0) is 16.9. The van der Waals surface area contributed by atoms with Crippen LogP contribution in [0.5, 0.6) is 0 Å². The maximum absolute atomic E-state index is 12.8. The van der Waals surface area contributed by atoms with Crippen LogP contribution in [-0.2, 0) is 12.8 Å². The summed E-state index contributed by atoms with van der Waals surface area (Å²) >= 11 is 1.20. The van der Waals surface area contributed by atoms with Gasteiger partial charge < -0.3 is 10.2 Å². The highest BCUT2D eigenvalue weighted by Gasteiger charge is 2.28. The molecule has 2 aromatic heterocycles. The van der Waals surface area contributed by atoms with Crippen molar-refractivity contribution in [3.05, 3.63) is 28.7 Å². The second kappa shape index (κ2) is 7.65. The summed E-state index contributed by atoms with van der Waals surface area (Å²) in [5.74, 6) is 1.29. The second-order valence-corrected chi connectivity index (χ2v) is 6.72. The normalized spacial score (nSPS) is 17.8. The number of rotatable bonds is 5. The number of aryl methyl sites for hydroxylation is 1. The van der Waals surface area contributed by atoms with E-state index in [0.717, 1.165) is 56.0 Å². The van der Waals surface area contributed by atoms with Gasteiger partial charge in [0.2, 0.25) is 0 Å². The minimum Gasteiger partial charge on any atom is -0.372 e. The molecule has 8 heteroatoms. The van der Waals surface area contributed by atoms with Crippen molar-refractivity contribution in [2.45, 2.75) is 32.6 Å². The number of piperidine rings is 1. The van der Waals surface area contributed by atoms with Crippen LogP contribution in [0.1, 0.15) is 40.8 Å². The van der Waals surface area contributed by atoms with E-state index in [9.17, 15) is 4.79 Å². The van der Waals surface area contributed by atoms with Crippen LogP contribution in [0.25, 0.3) is 0 Å². The van der Waals surface area contributed by atoms with Gasteiger partial charge in [0.25, 0.3) is 5.91 Å². The first-order chi connectivity index (χ1) is 11.7. The Balaban J connectivity index is 1.69. The first kappa shape index (κ1) is 16.8. The average Bonchev–Trinajstić information content (AvgIpc) is 3.10. The lowest BCUT2D eigenvalue weighted by molar-refractivity contribution is 0.0676. The molecule has 1 saturated heterocycles. The molecule has 0 saturated carbocycles. The van der Waals surface area contributed by atoms with E-state index in [2.05, 4.69) is 24.9 Å². The summed E-state index contributed by atoms with van der Waals surface area (Å²) in [4.78, 5) is 24.2. The van der Waals surface area contributed by atoms with Crippen molar-refractivity contribution in [1.29, 1.82) is 0 Å². The summed E-state index contributed by atoms with van der Waals surface area (Å²) in [6.07, 6.45) is 7.09. The van der Waals surface area contributed by atoms with Crippen LogP contribution in [0.4, 0.5) is 5.82 Å². The number of anilines is 1. The molecule has 1 unspecified atom stereocenters. The lowest BCUT2D eigenvalue weighted by Gasteiger charge is -2.32. The van der Waals surface area contributed by atoms with Gasteiger partial charge in [0, 0.05) is 32.5 Å². The molecule has 24 heavy (non-hydrogen) atoms. The van der Waals surface area contributed by atoms with Gasteiger partial charge >= 0.3 is 0 Å². The van der Waals surface area contributed by atoms with Crippen molar-refractivity contribution in [3.63, 3.8) is 0 Å². The predicted molar refractivity (Wildman–Crippen MR) is 93.2 cm³/mol. The number of likely N-dealkylation sites (tertiary alicyclic amines) is 1. The summed E-state index contributed by atoms with van der Waals surface area (Å²) in [6.45, 7) is 3.55. The first-order valence-corrected chi connectivity index (χ1v) is 9.08. The highest BCUT2D eigenvalue weighted by Crippen LogP contribution is 2.25. The number of nitrogens with one attached hydrogen (secondary N) is 1. The van der Waals surface area contributed by atoms with E-state index in [0.29, 0.717) is 10.8 Å². The fraction of sp³-hybridized carbons (Fsp3) is 0.562. The van der Waals surface area contributed by atoms with E-state index >= 15 is 0 Å². The molecule has 3 rings (SSSR count). The minimum atomic E-state index is 0.0690. The smallest absolute Gasteiger partial charge is 0.267 e. The fourth-order valence-corrected chi connectivity index (χ4v) is 3.88. The monoisotopic (exact) mass is 346 g/mol. The third-order valence-corrected chi connectivity index (χ3v) is 5.14. The summed E-state index contributed by atoms with van der Waals surface area (Å²) in [6, 6.07) is 0. The predicted octanol–water partition coefficient (Wildman–Crippen LogP) is 2.03. The molecule has 1 N–H and O–H groups in total. The van der Waals surface area contributed by atoms with E-state index in [1.165, 1.54) is 11.5 Å². The number of amides is 1. The topological polar surface area (TPSA) is 83.9 Å². The van der Waals surface area contributed by atoms with Crippen molar-refractivity contribution in [3.8, 4) is 0 Å². The molecule has 0 radical (unpaired) electrons. The Morgan fingerprint density at radius 2 is 2.21 bits per heavy atom. The van der Waals surface area contributed by atoms with Crippen molar-refractivity contribution < 1.29 is 4.79 Å². The Bertz CT molecular complexity index is 703. The maximum atomic E-state index is 12.8. The molecule has 1 amide bonds. The molecule has 0 aliphatic carbocycles. The SMILES string of the molecule is CCc1nnsc1C(=O)N1CCCC(Cc2nccnc2NC)C1. The number of aromatic nitrogens is 4. The van der Waals surface area contributed by atoms with Gasteiger partial charge in [0.1, 0.15) is 10.7 Å². The van der Waals surface area contributed by atoms with Gasteiger partial charge in [-0.1, -0.05) is 11.4 Å². The molecular weight excluding hydrogens is 324 g/mol. The zero-order valence-corrected chi connectivity index (χ0v) is 14.8. The molecule has 1 atom stereocenters. The summed E-state index contributed by atoms with van der Waals surface area (Å²) in [5.41, 5.74) is 1.77. The molecular formula is C16H22N6OS. The van der Waals surface area contributed by atoms with Crippen molar-refractivity contribution in [1.82, 2.24) is 24.5 Å². The van der Waals surface area contributed by atoms with Crippen LogP contribution in [0, 0.1) is 5.92 Å². The molecule has 2 aromatic rings. The number of hydrogen-bond acceptors (Lipinski definition) is 7. The van der Waals surface area contributed by atoms with Crippen molar-refractivity contribution in [2.24, 2.45) is 5.92 Å². The van der Waals surface area contributed by atoms with Crippen LogP contribution in [0.3, 0.4) is 0 Å². The Morgan fingerprint density at radius 3 is 3.00 bits per heavy atom. The minimum absolute atomic E-state index is 0.0690. The Morgan fingerprint density at radius 1 is 1.38 bits per heavy atom. The average molecular weight is 346 g/mol. The Kier molecular flexibility index (Phi) is 5.34. The van der Waals surface area contributed by atoms with E-state index in [1.54, 1.807) is 12.4 Å². The van der Waals surface area contributed by atoms with Gasteiger partial charge in [0.15, 0.2) is 0 Å². The standard InChI is InChI=1S/C16H22N6OS/c1-3-12-14(24-21-20-12)16(23)22-8-4-5-11(10-22)9-13-15(17-2)19-7-6-18-13/h6-7,11H,3-5,8-10H2,1-2H3,(H,17,19). The Hall–Kier alpha value is -2.09. The lowest BCUT2D eigenvalue weighted by atomic mass is 9.93. The molecule has 1 aliphatic rings. The van der Waals surface area contributed by atoms with Crippen molar-refractivity contribution >= 4 is 23.3 Å². The highest BCUT2D eigenvalue weighted by atomic mass is 32.1. The summed E-state index contributed by atoms with van der Waals surface area (Å²) in [7, 11) is 1.85. The largest absolute Gasteiger partial charge is 0.372 e. The molecule has 0 spiro atoms. The highest BCUT2D eigenvalue weighted by molar-refractivity contribution is 7.08. The number of carbonyl (C=O) groups excluding carboxylic acids is 1. The molecule has 0 aromatic carbocycles. The molecule has 7 nitrogen and oxygen atoms in total. The van der Waals surface area contributed by atoms with Gasteiger partial charge in [-0.05, 0) is 43.1 Å². The fourth-order valence-electron chi connectivity index (χ4n) is 3.16. The van der Waals surface area contributed by atoms with E-state index in [1.807, 2.05) is 18.9 Å². The van der Waals surface area contributed by atoms with Gasteiger partial charge in [-0.3, -0.25) is 9.78 Å². The van der Waals surface area contributed by atoms with Crippen molar-refractivity contribution in [2.75, 3.05) is 25.5 Å². The third-order valence-electron chi connectivity index (χ3n) is 4.38. The maximum Gasteiger partial charge on any atom is 0.267 e. The van der Waals surface area contributed by atoms with Crippen LogP contribution in [0.15, 0.2) is 12.4 Å². The summed E-state index contributed by atoms with van der Waals surface area (Å²) in [5, 5.41) is 7.14. The van der Waals surface area contributed by atoms with Crippen LogP contribution in [-0.4, -0.2) is 50.5 Å². The van der Waals surface area contributed by atoms with E-state index in [-0.39, 0.29) is 5.91 Å². The molecule has 128 valence electrons. The van der Waals surface area contributed by atoms with E-state index < -0.39 is 0 Å². The van der Waals surface area contributed by atoms with Gasteiger partial charge in [0.05, 0.1) is 11.4 Å². The van der Waals surface area contributed by atoms with Crippen LogP contribution in [0.2, 0.25) is 0 Å². The first-order valence-electron chi connectivity index (χ1n) is 8.31. The number of carbonyl (C=O) groups is 1. The molecule has 0 bridgehead atoms. The zero-order valence-electron chi connectivity index (χ0n) is 14.0. The second-order valence-electron chi connectivity index (χ2n) is 5.97. The molecule has 1 aliphatic heterocycles. The lowest BCUT2D eigenvalue weighted by Crippen LogP contribution is -2.40. The third kappa shape index (κ3) is 3.53.